The molecule has 66 valence electrons. The number of hydrogen-bond donors (Lipinski definition) is 2. The summed E-state index contributed by atoms with van der Waals surface area (Å²) in [6.07, 6.45) is 0. The Balaban J connectivity index is 2.72. The van der Waals surface area contributed by atoms with E-state index in [4.69, 9.17) is 5.73 Å². The van der Waals surface area contributed by atoms with Crippen LogP contribution in [0.1, 0.15) is 18.1 Å². The van der Waals surface area contributed by atoms with E-state index in [-0.39, 0.29) is 0 Å². The molecular weight excluding hydrogens is 148 g/mol. The summed E-state index contributed by atoms with van der Waals surface area (Å²) in [5.41, 5.74) is 9.06. The Kier molecular flexibility index (Phi) is 3.11. The Labute approximate surface area is 73.8 Å². The topological polar surface area (TPSA) is 38.0 Å². The van der Waals surface area contributed by atoms with Gasteiger partial charge in [-0.25, -0.2) is 0 Å². The van der Waals surface area contributed by atoms with Gasteiger partial charge in [0.15, 0.2) is 0 Å². The summed E-state index contributed by atoms with van der Waals surface area (Å²) < 4.78 is 0. The molecule has 2 heteroatoms. The second-order valence-corrected chi connectivity index (χ2v) is 2.97. The zero-order valence-corrected chi connectivity index (χ0v) is 7.72. The Morgan fingerprint density at radius 1 is 1.42 bits per heavy atom. The van der Waals surface area contributed by atoms with Gasteiger partial charge < -0.3 is 11.1 Å². The lowest BCUT2D eigenvalue weighted by molar-refractivity contribution is 0.724. The summed E-state index contributed by atoms with van der Waals surface area (Å²) >= 11 is 0. The molecule has 0 aliphatic rings. The first-order valence-corrected chi connectivity index (χ1v) is 4.29. The van der Waals surface area contributed by atoms with Crippen molar-refractivity contribution in [1.29, 1.82) is 0 Å². The maximum Gasteiger partial charge on any atom is 0.0316 e. The molecule has 0 unspecified atom stereocenters. The Morgan fingerprint density at radius 3 is 2.75 bits per heavy atom. The lowest BCUT2D eigenvalue weighted by atomic mass is 10.1. The minimum atomic E-state index is 0.841. The monoisotopic (exact) mass is 164 g/mol. The van der Waals surface area contributed by atoms with Crippen molar-refractivity contribution in [1.82, 2.24) is 5.32 Å². The predicted molar refractivity (Wildman–Crippen MR) is 53.0 cm³/mol. The van der Waals surface area contributed by atoms with Crippen LogP contribution in [0.2, 0.25) is 0 Å². The second kappa shape index (κ2) is 4.12. The largest absolute Gasteiger partial charge is 0.399 e. The molecule has 0 spiro atoms. The Morgan fingerprint density at radius 2 is 2.17 bits per heavy atom. The molecule has 1 aromatic carbocycles. The smallest absolute Gasteiger partial charge is 0.0316 e. The minimum Gasteiger partial charge on any atom is -0.399 e. The summed E-state index contributed by atoms with van der Waals surface area (Å²) in [6.45, 7) is 6.13. The molecule has 0 amide bonds. The highest BCUT2D eigenvalue weighted by molar-refractivity contribution is 5.44. The van der Waals surface area contributed by atoms with Crippen LogP contribution in [0.15, 0.2) is 18.2 Å². The van der Waals surface area contributed by atoms with Gasteiger partial charge in [0.1, 0.15) is 0 Å². The van der Waals surface area contributed by atoms with E-state index in [2.05, 4.69) is 25.2 Å². The summed E-state index contributed by atoms with van der Waals surface area (Å²) in [5, 5.41) is 3.28. The summed E-state index contributed by atoms with van der Waals surface area (Å²) in [5.74, 6) is 0. The number of hydrogen-bond acceptors (Lipinski definition) is 2. The van der Waals surface area contributed by atoms with E-state index in [1.54, 1.807) is 0 Å². The van der Waals surface area contributed by atoms with Crippen LogP contribution in [0, 0.1) is 6.92 Å². The van der Waals surface area contributed by atoms with Gasteiger partial charge in [0.25, 0.3) is 0 Å². The third kappa shape index (κ3) is 2.24. The Hall–Kier alpha value is -1.02. The van der Waals surface area contributed by atoms with E-state index in [1.165, 1.54) is 11.1 Å². The molecule has 0 atom stereocenters. The van der Waals surface area contributed by atoms with Crippen LogP contribution in [0.3, 0.4) is 0 Å². The second-order valence-electron chi connectivity index (χ2n) is 2.97. The maximum absolute atomic E-state index is 5.64. The summed E-state index contributed by atoms with van der Waals surface area (Å²) in [6, 6.07) is 6.03. The van der Waals surface area contributed by atoms with Crippen molar-refractivity contribution < 1.29 is 0 Å². The van der Waals surface area contributed by atoms with Gasteiger partial charge in [0.2, 0.25) is 0 Å². The molecule has 0 heterocycles. The van der Waals surface area contributed by atoms with Gasteiger partial charge in [0, 0.05) is 12.2 Å². The quantitative estimate of drug-likeness (QED) is 0.667. The summed E-state index contributed by atoms with van der Waals surface area (Å²) in [4.78, 5) is 0. The lowest BCUT2D eigenvalue weighted by Gasteiger charge is -2.06. The standard InChI is InChI=1S/C10H16N2/c1-3-12-7-9-4-5-10(11)6-8(9)2/h4-6,12H,3,7,11H2,1-2H3. The number of aryl methyl sites for hydroxylation is 1. The van der Waals surface area contributed by atoms with E-state index in [9.17, 15) is 0 Å². The highest BCUT2D eigenvalue weighted by Crippen LogP contribution is 2.11. The van der Waals surface area contributed by atoms with Crippen LogP contribution in [0.25, 0.3) is 0 Å². The minimum absolute atomic E-state index is 0.841. The van der Waals surface area contributed by atoms with Crippen molar-refractivity contribution in [3.8, 4) is 0 Å². The molecule has 0 saturated heterocycles. The molecule has 2 nitrogen and oxygen atoms in total. The van der Waals surface area contributed by atoms with E-state index in [1.807, 2.05) is 12.1 Å². The molecule has 0 aliphatic heterocycles. The van der Waals surface area contributed by atoms with Crippen LogP contribution >= 0.6 is 0 Å². The van der Waals surface area contributed by atoms with E-state index in [0.717, 1.165) is 18.8 Å². The first kappa shape index (κ1) is 9.07. The van der Waals surface area contributed by atoms with E-state index >= 15 is 0 Å². The molecule has 12 heavy (non-hydrogen) atoms. The maximum atomic E-state index is 5.64. The van der Waals surface area contributed by atoms with Crippen molar-refractivity contribution >= 4 is 5.69 Å². The van der Waals surface area contributed by atoms with Gasteiger partial charge in [-0.1, -0.05) is 13.0 Å². The molecule has 0 bridgehead atoms. The molecular formula is C10H16N2. The van der Waals surface area contributed by atoms with E-state index in [0.29, 0.717) is 0 Å². The first-order chi connectivity index (χ1) is 5.74. The molecule has 0 fully saturated rings. The molecule has 0 saturated carbocycles. The number of nitrogen functional groups attached to an aromatic ring is 1. The van der Waals surface area contributed by atoms with Crippen molar-refractivity contribution in [2.24, 2.45) is 0 Å². The van der Waals surface area contributed by atoms with Crippen molar-refractivity contribution in [3.63, 3.8) is 0 Å². The Bertz CT molecular complexity index is 256. The lowest BCUT2D eigenvalue weighted by Crippen LogP contribution is -2.12. The summed E-state index contributed by atoms with van der Waals surface area (Å²) in [7, 11) is 0. The van der Waals surface area contributed by atoms with Crippen LogP contribution in [0.4, 0.5) is 5.69 Å². The SMILES string of the molecule is CCNCc1ccc(N)cc1C. The number of nitrogens with two attached hydrogens (primary N) is 1. The number of benzene rings is 1. The molecule has 0 radical (unpaired) electrons. The number of rotatable bonds is 3. The molecule has 3 N–H and O–H groups in total. The first-order valence-electron chi connectivity index (χ1n) is 4.29. The van der Waals surface area contributed by atoms with Crippen LogP contribution in [-0.2, 0) is 6.54 Å². The third-order valence-corrected chi connectivity index (χ3v) is 1.93. The molecule has 0 aliphatic carbocycles. The van der Waals surface area contributed by atoms with Gasteiger partial charge in [-0.15, -0.1) is 0 Å². The zero-order valence-electron chi connectivity index (χ0n) is 7.72. The normalized spacial score (nSPS) is 10.2. The average molecular weight is 164 g/mol. The molecule has 0 aromatic heterocycles. The van der Waals surface area contributed by atoms with Gasteiger partial charge >= 0.3 is 0 Å². The fourth-order valence-corrected chi connectivity index (χ4v) is 1.18. The number of anilines is 1. The zero-order chi connectivity index (χ0) is 8.97. The van der Waals surface area contributed by atoms with Crippen LogP contribution in [-0.4, -0.2) is 6.54 Å². The fraction of sp³-hybridized carbons (Fsp3) is 0.400. The van der Waals surface area contributed by atoms with Crippen molar-refractivity contribution in [2.75, 3.05) is 12.3 Å². The number of nitrogens with one attached hydrogen (secondary N) is 1. The van der Waals surface area contributed by atoms with Crippen LogP contribution < -0.4 is 11.1 Å². The van der Waals surface area contributed by atoms with Gasteiger partial charge in [0.05, 0.1) is 0 Å². The van der Waals surface area contributed by atoms with Crippen molar-refractivity contribution in [2.45, 2.75) is 20.4 Å². The highest BCUT2D eigenvalue weighted by atomic mass is 14.8. The van der Waals surface area contributed by atoms with Gasteiger partial charge in [-0.2, -0.15) is 0 Å². The predicted octanol–water partition coefficient (Wildman–Crippen LogP) is 1.69. The fourth-order valence-electron chi connectivity index (χ4n) is 1.18. The molecule has 1 aromatic rings. The van der Waals surface area contributed by atoms with Gasteiger partial charge in [-0.3, -0.25) is 0 Å². The molecule has 1 rings (SSSR count). The van der Waals surface area contributed by atoms with Crippen molar-refractivity contribution in [3.05, 3.63) is 29.3 Å². The average Bonchev–Trinajstić information content (AvgIpc) is 2.03. The third-order valence-electron chi connectivity index (χ3n) is 1.93. The van der Waals surface area contributed by atoms with E-state index < -0.39 is 0 Å². The van der Waals surface area contributed by atoms with Gasteiger partial charge in [-0.05, 0) is 36.7 Å². The van der Waals surface area contributed by atoms with Crippen LogP contribution in [0.5, 0.6) is 0 Å². The highest BCUT2D eigenvalue weighted by Gasteiger charge is 1.96.